The number of carboxylic acids is 1. The molecular weight excluding hydrogens is 185 g/mol. The summed E-state index contributed by atoms with van der Waals surface area (Å²) < 4.78 is 13.2. The number of carbonyl (C=O) groups is 1. The Morgan fingerprint density at radius 3 is 2.71 bits per heavy atom. The molecule has 0 aromatic heterocycles. The number of aliphatic carboxylic acids is 1. The smallest absolute Gasteiger partial charge is 0.307 e. The van der Waals surface area contributed by atoms with E-state index in [1.54, 1.807) is 12.1 Å². The molecule has 0 bridgehead atoms. The zero-order valence-electron chi connectivity index (χ0n) is 7.66. The third-order valence-electron chi connectivity index (χ3n) is 1.89. The fourth-order valence-corrected chi connectivity index (χ4v) is 1.23. The number of benzene rings is 1. The molecule has 4 heteroatoms. The van der Waals surface area contributed by atoms with Crippen LogP contribution < -0.4 is 5.73 Å². The van der Waals surface area contributed by atoms with Gasteiger partial charge in [-0.15, -0.1) is 0 Å². The predicted octanol–water partition coefficient (Wildman–Crippen LogP) is 0.954. The highest BCUT2D eigenvalue weighted by molar-refractivity contribution is 5.70. The normalized spacial score (nSPS) is 10.1. The molecule has 0 aliphatic rings. The van der Waals surface area contributed by atoms with E-state index in [1.165, 1.54) is 6.07 Å². The van der Waals surface area contributed by atoms with E-state index in [-0.39, 0.29) is 12.2 Å². The molecule has 0 aliphatic heterocycles. The van der Waals surface area contributed by atoms with Crippen LogP contribution in [-0.2, 0) is 17.6 Å². The highest BCUT2D eigenvalue weighted by atomic mass is 19.1. The van der Waals surface area contributed by atoms with E-state index in [0.29, 0.717) is 24.1 Å². The zero-order chi connectivity index (χ0) is 10.6. The fourth-order valence-electron chi connectivity index (χ4n) is 1.23. The van der Waals surface area contributed by atoms with Gasteiger partial charge in [0, 0.05) is 0 Å². The highest BCUT2D eigenvalue weighted by Gasteiger charge is 2.05. The minimum atomic E-state index is -0.962. The summed E-state index contributed by atoms with van der Waals surface area (Å²) in [6, 6.07) is 4.45. The lowest BCUT2D eigenvalue weighted by Gasteiger charge is -2.03. The van der Waals surface area contributed by atoms with Gasteiger partial charge in [-0.25, -0.2) is 4.39 Å². The summed E-state index contributed by atoms with van der Waals surface area (Å²) >= 11 is 0. The molecule has 0 saturated carbocycles. The van der Waals surface area contributed by atoms with Gasteiger partial charge in [-0.05, 0) is 30.2 Å². The Balaban J connectivity index is 2.83. The van der Waals surface area contributed by atoms with Crippen LogP contribution in [0.1, 0.15) is 11.1 Å². The second kappa shape index (κ2) is 4.72. The lowest BCUT2D eigenvalue weighted by atomic mass is 10.1. The quantitative estimate of drug-likeness (QED) is 0.755. The van der Waals surface area contributed by atoms with E-state index >= 15 is 0 Å². The van der Waals surface area contributed by atoms with E-state index in [2.05, 4.69) is 0 Å². The van der Waals surface area contributed by atoms with E-state index in [1.807, 2.05) is 0 Å². The highest BCUT2D eigenvalue weighted by Crippen LogP contribution is 2.11. The van der Waals surface area contributed by atoms with Crippen LogP contribution in [0.25, 0.3) is 0 Å². The number of rotatable bonds is 4. The predicted molar refractivity (Wildman–Crippen MR) is 50.5 cm³/mol. The zero-order valence-corrected chi connectivity index (χ0v) is 7.66. The first-order valence-corrected chi connectivity index (χ1v) is 4.32. The van der Waals surface area contributed by atoms with Crippen molar-refractivity contribution in [2.24, 2.45) is 5.73 Å². The molecule has 0 spiro atoms. The molecule has 1 aromatic carbocycles. The second-order valence-corrected chi connectivity index (χ2v) is 3.03. The van der Waals surface area contributed by atoms with Gasteiger partial charge in [-0.1, -0.05) is 12.1 Å². The topological polar surface area (TPSA) is 63.3 Å². The summed E-state index contributed by atoms with van der Waals surface area (Å²) in [6.07, 6.45) is 0.318. The Hall–Kier alpha value is -1.42. The molecule has 0 heterocycles. The lowest BCUT2D eigenvalue weighted by Crippen LogP contribution is -2.06. The summed E-state index contributed by atoms with van der Waals surface area (Å²) in [5.74, 6) is -1.34. The molecule has 0 fully saturated rings. The van der Waals surface area contributed by atoms with Crippen LogP contribution in [0.5, 0.6) is 0 Å². The van der Waals surface area contributed by atoms with E-state index < -0.39 is 5.97 Å². The molecule has 1 rings (SSSR count). The van der Waals surface area contributed by atoms with Crippen molar-refractivity contribution in [2.75, 3.05) is 6.54 Å². The van der Waals surface area contributed by atoms with Crippen molar-refractivity contribution in [2.45, 2.75) is 12.8 Å². The van der Waals surface area contributed by atoms with Crippen molar-refractivity contribution in [3.8, 4) is 0 Å². The van der Waals surface area contributed by atoms with Crippen molar-refractivity contribution in [1.29, 1.82) is 0 Å². The lowest BCUT2D eigenvalue weighted by molar-refractivity contribution is -0.136. The van der Waals surface area contributed by atoms with Crippen LogP contribution in [-0.4, -0.2) is 17.6 Å². The fraction of sp³-hybridized carbons (Fsp3) is 0.300. The molecule has 3 N–H and O–H groups in total. The summed E-state index contributed by atoms with van der Waals surface area (Å²) in [4.78, 5) is 10.3. The minimum absolute atomic E-state index is 0.153. The summed E-state index contributed by atoms with van der Waals surface area (Å²) in [6.45, 7) is 0.384. The van der Waals surface area contributed by atoms with Crippen molar-refractivity contribution in [3.63, 3.8) is 0 Å². The van der Waals surface area contributed by atoms with Crippen LogP contribution in [0.15, 0.2) is 18.2 Å². The van der Waals surface area contributed by atoms with Gasteiger partial charge < -0.3 is 10.8 Å². The first kappa shape index (κ1) is 10.7. The minimum Gasteiger partial charge on any atom is -0.481 e. The van der Waals surface area contributed by atoms with Crippen molar-refractivity contribution in [1.82, 2.24) is 0 Å². The van der Waals surface area contributed by atoms with Crippen LogP contribution in [0.3, 0.4) is 0 Å². The van der Waals surface area contributed by atoms with E-state index in [0.717, 1.165) is 0 Å². The third kappa shape index (κ3) is 2.81. The Morgan fingerprint density at radius 1 is 1.50 bits per heavy atom. The van der Waals surface area contributed by atoms with Gasteiger partial charge in [-0.3, -0.25) is 4.79 Å². The standard InChI is InChI=1S/C10H12FNO2/c11-9-5-7(6-10(13)14)1-2-8(9)3-4-12/h1-2,5H,3-4,6,12H2,(H,13,14). The Morgan fingerprint density at radius 2 is 2.21 bits per heavy atom. The monoisotopic (exact) mass is 197 g/mol. The van der Waals surface area contributed by atoms with Gasteiger partial charge in [0.2, 0.25) is 0 Å². The third-order valence-corrected chi connectivity index (χ3v) is 1.89. The molecular formula is C10H12FNO2. The maximum atomic E-state index is 13.2. The molecule has 0 aliphatic carbocycles. The van der Waals surface area contributed by atoms with Gasteiger partial charge in [0.1, 0.15) is 5.82 Å². The van der Waals surface area contributed by atoms with Gasteiger partial charge in [0.05, 0.1) is 6.42 Å². The van der Waals surface area contributed by atoms with E-state index in [4.69, 9.17) is 10.8 Å². The van der Waals surface area contributed by atoms with Crippen LogP contribution in [0, 0.1) is 5.82 Å². The average Bonchev–Trinajstić information content (AvgIpc) is 2.09. The van der Waals surface area contributed by atoms with Gasteiger partial charge in [0.25, 0.3) is 0 Å². The molecule has 14 heavy (non-hydrogen) atoms. The molecule has 3 nitrogen and oxygen atoms in total. The van der Waals surface area contributed by atoms with Crippen LogP contribution in [0.4, 0.5) is 4.39 Å². The van der Waals surface area contributed by atoms with Crippen LogP contribution >= 0.6 is 0 Å². The summed E-state index contributed by atoms with van der Waals surface area (Å²) in [5, 5.41) is 8.49. The van der Waals surface area contributed by atoms with Gasteiger partial charge in [-0.2, -0.15) is 0 Å². The Kier molecular flexibility index (Phi) is 3.59. The molecule has 0 radical (unpaired) electrons. The maximum Gasteiger partial charge on any atom is 0.307 e. The molecule has 76 valence electrons. The number of halogens is 1. The van der Waals surface area contributed by atoms with E-state index in [9.17, 15) is 9.18 Å². The number of hydrogen-bond donors (Lipinski definition) is 2. The molecule has 0 saturated heterocycles. The number of carboxylic acid groups (broad SMARTS) is 1. The SMILES string of the molecule is NCCc1ccc(CC(=O)O)cc1F. The van der Waals surface area contributed by atoms with Gasteiger partial charge in [0.15, 0.2) is 0 Å². The molecule has 0 atom stereocenters. The number of nitrogens with two attached hydrogens (primary N) is 1. The largest absolute Gasteiger partial charge is 0.481 e. The van der Waals surface area contributed by atoms with Crippen molar-refractivity contribution >= 4 is 5.97 Å². The Labute approximate surface area is 81.4 Å². The summed E-state index contributed by atoms with van der Waals surface area (Å²) in [7, 11) is 0. The van der Waals surface area contributed by atoms with Crippen molar-refractivity contribution < 1.29 is 14.3 Å². The second-order valence-electron chi connectivity index (χ2n) is 3.03. The van der Waals surface area contributed by atoms with Gasteiger partial charge >= 0.3 is 5.97 Å². The van der Waals surface area contributed by atoms with Crippen molar-refractivity contribution in [3.05, 3.63) is 35.1 Å². The molecule has 0 unspecified atom stereocenters. The first-order chi connectivity index (χ1) is 6.63. The molecule has 1 aromatic rings. The average molecular weight is 197 g/mol. The Bertz CT molecular complexity index is 339. The molecule has 0 amide bonds. The summed E-state index contributed by atoms with van der Waals surface area (Å²) in [5.41, 5.74) is 6.29. The van der Waals surface area contributed by atoms with Crippen LogP contribution in [0.2, 0.25) is 0 Å². The number of hydrogen-bond acceptors (Lipinski definition) is 2. The maximum absolute atomic E-state index is 13.2. The first-order valence-electron chi connectivity index (χ1n) is 4.32.